The fourth-order valence-electron chi connectivity index (χ4n) is 3.81. The maximum Gasteiger partial charge on any atom is 0.204 e. The minimum Gasteiger partial charge on any atom is -0.494 e. The van der Waals surface area contributed by atoms with Crippen LogP contribution in [0.25, 0.3) is 5.65 Å². The van der Waals surface area contributed by atoms with Gasteiger partial charge in [0.1, 0.15) is 6.61 Å². The van der Waals surface area contributed by atoms with Crippen LogP contribution in [-0.4, -0.2) is 40.4 Å². The quantitative estimate of drug-likeness (QED) is 0.458. The Balaban J connectivity index is 1.41. The van der Waals surface area contributed by atoms with Crippen LogP contribution >= 0.6 is 0 Å². The average molecular weight is 432 g/mol. The Morgan fingerprint density at radius 3 is 2.75 bits per heavy atom. The molecule has 4 aromatic rings. The van der Waals surface area contributed by atoms with E-state index >= 15 is 0 Å². The fourth-order valence-corrected chi connectivity index (χ4v) is 3.81. The zero-order chi connectivity index (χ0) is 22.1. The molecule has 0 spiro atoms. The Morgan fingerprint density at radius 2 is 2.00 bits per heavy atom. The predicted molar refractivity (Wildman–Crippen MR) is 118 cm³/mol. The van der Waals surface area contributed by atoms with Gasteiger partial charge >= 0.3 is 0 Å². The van der Waals surface area contributed by atoms with Gasteiger partial charge in [-0.2, -0.15) is 5.10 Å². The standard InChI is InChI=1S/C24H24N4O4/c1-4-18-6-5-16(10-25-18)22-14-31-21-9-15(8-20(30-3)23(21)32-22)7-17-11-27-28-13-19(29-2)12-26-24(17)28/h5-6,8-13,22H,4,7,14H2,1-3H3. The van der Waals surface area contributed by atoms with E-state index in [0.29, 0.717) is 36.0 Å². The van der Waals surface area contributed by atoms with Crippen LogP contribution in [0.3, 0.4) is 0 Å². The van der Waals surface area contributed by atoms with Gasteiger partial charge in [-0.05, 0) is 30.2 Å². The van der Waals surface area contributed by atoms with Crippen molar-refractivity contribution in [1.82, 2.24) is 19.6 Å². The average Bonchev–Trinajstić information content (AvgIpc) is 3.25. The van der Waals surface area contributed by atoms with Crippen molar-refractivity contribution < 1.29 is 18.9 Å². The number of aryl methyl sites for hydroxylation is 1. The van der Waals surface area contributed by atoms with E-state index < -0.39 is 0 Å². The molecule has 164 valence electrons. The predicted octanol–water partition coefficient (Wildman–Crippen LogP) is 3.81. The van der Waals surface area contributed by atoms with Gasteiger partial charge in [-0.25, -0.2) is 9.50 Å². The van der Waals surface area contributed by atoms with E-state index in [0.717, 1.165) is 34.5 Å². The number of hydrogen-bond acceptors (Lipinski definition) is 7. The van der Waals surface area contributed by atoms with Crippen molar-refractivity contribution in [3.8, 4) is 23.0 Å². The number of benzene rings is 1. The van der Waals surface area contributed by atoms with Crippen LogP contribution in [0.4, 0.5) is 0 Å². The number of fused-ring (bicyclic) bond motifs is 2. The summed E-state index contributed by atoms with van der Waals surface area (Å²) in [5.74, 6) is 2.56. The molecule has 1 unspecified atom stereocenters. The van der Waals surface area contributed by atoms with Crippen LogP contribution < -0.4 is 18.9 Å². The first-order valence-corrected chi connectivity index (χ1v) is 10.5. The molecule has 8 heteroatoms. The topological polar surface area (TPSA) is 80.0 Å². The smallest absolute Gasteiger partial charge is 0.204 e. The largest absolute Gasteiger partial charge is 0.494 e. The van der Waals surface area contributed by atoms with E-state index in [1.807, 2.05) is 36.7 Å². The second-order valence-corrected chi connectivity index (χ2v) is 7.59. The van der Waals surface area contributed by atoms with Crippen LogP contribution in [-0.2, 0) is 12.8 Å². The minimum absolute atomic E-state index is 0.237. The van der Waals surface area contributed by atoms with E-state index in [9.17, 15) is 0 Å². The van der Waals surface area contributed by atoms with Gasteiger partial charge in [0.15, 0.2) is 29.0 Å². The lowest BCUT2D eigenvalue weighted by atomic mass is 10.0. The number of pyridine rings is 1. The molecule has 32 heavy (non-hydrogen) atoms. The molecule has 0 amide bonds. The number of rotatable bonds is 6. The zero-order valence-corrected chi connectivity index (χ0v) is 18.2. The lowest BCUT2D eigenvalue weighted by molar-refractivity contribution is 0.0867. The molecule has 1 atom stereocenters. The first kappa shape index (κ1) is 20.1. The van der Waals surface area contributed by atoms with Crippen LogP contribution in [0.1, 0.15) is 35.4 Å². The van der Waals surface area contributed by atoms with Crippen molar-refractivity contribution in [3.63, 3.8) is 0 Å². The van der Waals surface area contributed by atoms with E-state index in [2.05, 4.69) is 22.0 Å². The van der Waals surface area contributed by atoms with Crippen molar-refractivity contribution in [2.75, 3.05) is 20.8 Å². The molecule has 1 aromatic carbocycles. The van der Waals surface area contributed by atoms with Gasteiger partial charge in [-0.1, -0.05) is 13.0 Å². The Morgan fingerprint density at radius 1 is 1.09 bits per heavy atom. The Kier molecular flexibility index (Phi) is 5.26. The highest BCUT2D eigenvalue weighted by Gasteiger charge is 2.27. The summed E-state index contributed by atoms with van der Waals surface area (Å²) in [6, 6.07) is 8.02. The molecular formula is C24H24N4O4. The molecule has 8 nitrogen and oxygen atoms in total. The van der Waals surface area contributed by atoms with Crippen molar-refractivity contribution in [1.29, 1.82) is 0 Å². The second kappa shape index (κ2) is 8.37. The van der Waals surface area contributed by atoms with Gasteiger partial charge in [0, 0.05) is 29.4 Å². The maximum atomic E-state index is 6.27. The zero-order valence-electron chi connectivity index (χ0n) is 18.2. The molecule has 0 N–H and O–H groups in total. The molecule has 3 aromatic heterocycles. The van der Waals surface area contributed by atoms with Crippen LogP contribution in [0.2, 0.25) is 0 Å². The Hall–Kier alpha value is -3.81. The fraction of sp³-hybridized carbons (Fsp3) is 0.292. The molecule has 0 saturated heterocycles. The number of ether oxygens (including phenoxy) is 4. The number of nitrogens with zero attached hydrogens (tertiary/aromatic N) is 4. The van der Waals surface area contributed by atoms with Crippen molar-refractivity contribution in [2.45, 2.75) is 25.9 Å². The van der Waals surface area contributed by atoms with Crippen molar-refractivity contribution in [2.24, 2.45) is 0 Å². The van der Waals surface area contributed by atoms with E-state index in [4.69, 9.17) is 18.9 Å². The van der Waals surface area contributed by atoms with Crippen molar-refractivity contribution >= 4 is 5.65 Å². The summed E-state index contributed by atoms with van der Waals surface area (Å²) in [7, 11) is 3.24. The SMILES string of the molecule is CCc1ccc(C2COc3cc(Cc4cnn5cc(OC)cnc45)cc(OC)c3O2)cn1. The van der Waals surface area contributed by atoms with Gasteiger partial charge in [0.05, 0.1) is 32.8 Å². The number of hydrogen-bond donors (Lipinski definition) is 0. The summed E-state index contributed by atoms with van der Waals surface area (Å²) in [6.07, 6.45) is 8.45. The summed E-state index contributed by atoms with van der Waals surface area (Å²) in [4.78, 5) is 8.95. The molecule has 0 saturated carbocycles. The van der Waals surface area contributed by atoms with E-state index in [1.165, 1.54) is 0 Å². The van der Waals surface area contributed by atoms with Crippen LogP contribution in [0.15, 0.2) is 49.1 Å². The summed E-state index contributed by atoms with van der Waals surface area (Å²) < 4.78 is 24.9. The first-order valence-electron chi connectivity index (χ1n) is 10.5. The summed E-state index contributed by atoms with van der Waals surface area (Å²) in [6.45, 7) is 2.49. The normalized spacial score (nSPS) is 15.0. The molecule has 0 aliphatic carbocycles. The van der Waals surface area contributed by atoms with E-state index in [-0.39, 0.29) is 6.10 Å². The lowest BCUT2D eigenvalue weighted by Gasteiger charge is -2.28. The van der Waals surface area contributed by atoms with Crippen molar-refractivity contribution in [3.05, 3.63) is 71.4 Å². The third-order valence-corrected chi connectivity index (χ3v) is 5.57. The molecule has 4 heterocycles. The number of methoxy groups -OCH3 is 2. The molecular weight excluding hydrogens is 408 g/mol. The van der Waals surface area contributed by atoms with Gasteiger partial charge in [0.2, 0.25) is 5.75 Å². The molecule has 1 aliphatic heterocycles. The molecule has 0 fully saturated rings. The van der Waals surface area contributed by atoms with E-state index in [1.54, 1.807) is 31.1 Å². The lowest BCUT2D eigenvalue weighted by Crippen LogP contribution is -2.22. The Labute approximate surface area is 185 Å². The van der Waals surface area contributed by atoms with Gasteiger partial charge in [0.25, 0.3) is 0 Å². The summed E-state index contributed by atoms with van der Waals surface area (Å²) >= 11 is 0. The first-order chi connectivity index (χ1) is 15.7. The van der Waals surface area contributed by atoms with Crippen LogP contribution in [0.5, 0.6) is 23.0 Å². The van der Waals surface area contributed by atoms with Gasteiger partial charge in [-0.15, -0.1) is 0 Å². The molecule has 0 radical (unpaired) electrons. The third kappa shape index (κ3) is 3.68. The highest BCUT2D eigenvalue weighted by Crippen LogP contribution is 2.44. The molecule has 0 bridgehead atoms. The maximum absolute atomic E-state index is 6.27. The summed E-state index contributed by atoms with van der Waals surface area (Å²) in [5.41, 5.74) is 4.82. The molecule has 1 aliphatic rings. The third-order valence-electron chi connectivity index (χ3n) is 5.57. The highest BCUT2D eigenvalue weighted by molar-refractivity contribution is 5.57. The van der Waals surface area contributed by atoms with Crippen LogP contribution in [0, 0.1) is 0 Å². The monoisotopic (exact) mass is 432 g/mol. The molecule has 5 rings (SSSR count). The number of aromatic nitrogens is 4. The summed E-state index contributed by atoms with van der Waals surface area (Å²) in [5, 5.41) is 4.39. The Bertz CT molecular complexity index is 1240. The second-order valence-electron chi connectivity index (χ2n) is 7.59. The van der Waals surface area contributed by atoms with Gasteiger partial charge < -0.3 is 18.9 Å². The highest BCUT2D eigenvalue weighted by atomic mass is 16.6. The van der Waals surface area contributed by atoms with Gasteiger partial charge in [-0.3, -0.25) is 4.98 Å². The minimum atomic E-state index is -0.237.